The van der Waals surface area contributed by atoms with Crippen molar-refractivity contribution >= 4 is 23.3 Å². The van der Waals surface area contributed by atoms with Crippen LogP contribution in [0.15, 0.2) is 22.9 Å². The van der Waals surface area contributed by atoms with Crippen LogP contribution in [0.3, 0.4) is 0 Å². The zero-order valence-corrected chi connectivity index (χ0v) is 19.1. The summed E-state index contributed by atoms with van der Waals surface area (Å²) in [6.45, 7) is 2.34. The molecule has 3 aromatic rings. The van der Waals surface area contributed by atoms with Crippen LogP contribution in [-0.4, -0.2) is 49.0 Å². The van der Waals surface area contributed by atoms with Gasteiger partial charge in [-0.3, -0.25) is 4.68 Å². The average molecular weight is 476 g/mol. The van der Waals surface area contributed by atoms with E-state index in [1.54, 1.807) is 25.1 Å². The molecule has 1 aromatic carbocycles. The molecule has 0 radical (unpaired) electrons. The third kappa shape index (κ3) is 3.65. The number of methoxy groups -OCH3 is 1. The molecule has 3 atom stereocenters. The lowest BCUT2D eigenvalue weighted by atomic mass is 9.64. The number of carbonyl (C=O) groups excluding carboxylic acids is 1. The number of anilines is 1. The molecule has 1 aliphatic heterocycles. The maximum absolute atomic E-state index is 14.6. The minimum absolute atomic E-state index is 0.0283. The lowest BCUT2D eigenvalue weighted by Crippen LogP contribution is -2.70. The van der Waals surface area contributed by atoms with Crippen LogP contribution in [0, 0.1) is 11.7 Å². The van der Waals surface area contributed by atoms with Crippen molar-refractivity contribution in [3.63, 3.8) is 0 Å². The van der Waals surface area contributed by atoms with Crippen LogP contribution in [0.25, 0.3) is 11.4 Å². The number of halogens is 2. The Morgan fingerprint density at radius 2 is 2.21 bits per heavy atom. The number of rotatable bonds is 5. The second kappa shape index (κ2) is 8.07. The zero-order valence-electron chi connectivity index (χ0n) is 18.4. The highest BCUT2D eigenvalue weighted by Gasteiger charge is 2.62. The fraction of sp³-hybridized carbons (Fsp3) is 0.476. The van der Waals surface area contributed by atoms with E-state index in [1.807, 2.05) is 0 Å². The van der Waals surface area contributed by atoms with E-state index in [9.17, 15) is 9.18 Å². The van der Waals surface area contributed by atoms with Gasteiger partial charge in [-0.2, -0.15) is 5.10 Å². The number of carbonyl (C=O) groups is 1. The summed E-state index contributed by atoms with van der Waals surface area (Å²) in [6.07, 6.45) is 3.79. The quantitative estimate of drug-likeness (QED) is 0.598. The molecule has 2 aromatic heterocycles. The third-order valence-electron chi connectivity index (χ3n) is 6.23. The number of nitrogens with one attached hydrogen (secondary N) is 1. The Morgan fingerprint density at radius 3 is 2.94 bits per heavy atom. The van der Waals surface area contributed by atoms with Gasteiger partial charge in [-0.05, 0) is 30.9 Å². The highest BCUT2D eigenvalue weighted by molar-refractivity contribution is 6.33. The highest BCUT2D eigenvalue weighted by atomic mass is 35.5. The van der Waals surface area contributed by atoms with Gasteiger partial charge in [0.15, 0.2) is 5.82 Å². The Balaban J connectivity index is 1.44. The van der Waals surface area contributed by atoms with Crippen molar-refractivity contribution in [1.82, 2.24) is 29.9 Å². The first-order valence-corrected chi connectivity index (χ1v) is 11.0. The topological polar surface area (TPSA) is 111 Å². The van der Waals surface area contributed by atoms with Crippen LogP contribution < -0.4 is 5.32 Å². The van der Waals surface area contributed by atoms with Gasteiger partial charge in [0.25, 0.3) is 0 Å². The molecule has 2 bridgehead atoms. The Morgan fingerprint density at radius 1 is 1.39 bits per heavy atom. The van der Waals surface area contributed by atoms with E-state index in [0.29, 0.717) is 29.7 Å². The number of nitrogens with zero attached hydrogens (tertiary/aromatic N) is 6. The summed E-state index contributed by atoms with van der Waals surface area (Å²) in [4.78, 5) is 19.3. The fourth-order valence-corrected chi connectivity index (χ4v) is 5.24. The summed E-state index contributed by atoms with van der Waals surface area (Å²) >= 11 is 6.15. The zero-order chi connectivity index (χ0) is 23.3. The van der Waals surface area contributed by atoms with Gasteiger partial charge >= 0.3 is 6.03 Å². The number of hydrogen-bond acceptors (Lipinski definition) is 7. The summed E-state index contributed by atoms with van der Waals surface area (Å²) in [5, 5.41) is 15.1. The molecule has 1 saturated heterocycles. The van der Waals surface area contributed by atoms with E-state index < -0.39 is 11.4 Å². The van der Waals surface area contributed by atoms with Crippen molar-refractivity contribution < 1.29 is 18.3 Å². The van der Waals surface area contributed by atoms with Gasteiger partial charge in [-0.15, -0.1) is 10.2 Å². The monoisotopic (exact) mass is 475 g/mol. The van der Waals surface area contributed by atoms with Crippen molar-refractivity contribution in [2.75, 3.05) is 12.4 Å². The van der Waals surface area contributed by atoms with Gasteiger partial charge in [0.2, 0.25) is 11.8 Å². The normalized spacial score (nSPS) is 24.0. The van der Waals surface area contributed by atoms with E-state index >= 15 is 0 Å². The number of benzene rings is 1. The van der Waals surface area contributed by atoms with Crippen LogP contribution >= 0.6 is 11.6 Å². The molecular weight excluding hydrogens is 453 g/mol. The number of aryl methyl sites for hydroxylation is 1. The van der Waals surface area contributed by atoms with Crippen LogP contribution in [-0.2, 0) is 23.9 Å². The van der Waals surface area contributed by atoms with Crippen molar-refractivity contribution in [2.24, 2.45) is 13.0 Å². The van der Waals surface area contributed by atoms with Crippen molar-refractivity contribution in [2.45, 2.75) is 44.4 Å². The van der Waals surface area contributed by atoms with Crippen LogP contribution in [0.1, 0.15) is 38.0 Å². The Kier molecular flexibility index (Phi) is 5.32. The van der Waals surface area contributed by atoms with E-state index in [0.717, 1.165) is 12.8 Å². The molecule has 10 nitrogen and oxygen atoms in total. The van der Waals surface area contributed by atoms with Gasteiger partial charge < -0.3 is 19.4 Å². The molecule has 1 saturated carbocycles. The molecule has 2 fully saturated rings. The number of urea groups is 1. The van der Waals surface area contributed by atoms with Crippen molar-refractivity contribution in [3.8, 4) is 11.4 Å². The third-order valence-corrected chi connectivity index (χ3v) is 6.62. The van der Waals surface area contributed by atoms with Gasteiger partial charge in [0.1, 0.15) is 24.3 Å². The Labute approximate surface area is 194 Å². The van der Waals surface area contributed by atoms with Crippen molar-refractivity contribution in [3.05, 3.63) is 41.1 Å². The van der Waals surface area contributed by atoms with E-state index in [2.05, 4.69) is 32.5 Å². The van der Waals surface area contributed by atoms with E-state index in [-0.39, 0.29) is 35.2 Å². The smallest absolute Gasteiger partial charge is 0.323 e. The highest BCUT2D eigenvalue weighted by Crippen LogP contribution is 2.55. The molecule has 1 N–H and O–H groups in total. The van der Waals surface area contributed by atoms with E-state index in [4.69, 9.17) is 20.8 Å². The molecule has 12 heteroatoms. The molecule has 174 valence electrons. The first-order valence-electron chi connectivity index (χ1n) is 10.6. The molecule has 33 heavy (non-hydrogen) atoms. The average Bonchev–Trinajstić information content (AvgIpc) is 3.39. The molecule has 5 rings (SSSR count). The second-order valence-electron chi connectivity index (χ2n) is 8.73. The number of fused-ring (bicyclic) bond motifs is 2. The summed E-state index contributed by atoms with van der Waals surface area (Å²) in [5.74, 6) is 0.732. The number of aromatic nitrogens is 5. The summed E-state index contributed by atoms with van der Waals surface area (Å²) in [5.41, 5.74) is -0.147. The number of piperidine rings is 1. The van der Waals surface area contributed by atoms with Crippen LogP contribution in [0.4, 0.5) is 14.9 Å². The summed E-state index contributed by atoms with van der Waals surface area (Å²) < 4.78 is 27.0. The maximum atomic E-state index is 14.6. The van der Waals surface area contributed by atoms with Crippen LogP contribution in [0.5, 0.6) is 0 Å². The first kappa shape index (κ1) is 21.8. The SMILES string of the molecule is COCc1nnc([C@]23C[C@H](C)C[C@H](C2)N3C(=O)Nc2cc(F)c(Cl)c(-c3ncn(C)n3)c2)o1. The maximum Gasteiger partial charge on any atom is 0.323 e. The number of ether oxygens (including phenoxy) is 1. The predicted octanol–water partition coefficient (Wildman–Crippen LogP) is 3.74. The number of amides is 2. The molecule has 0 spiro atoms. The molecular formula is C21H23ClFN7O3. The van der Waals surface area contributed by atoms with Gasteiger partial charge in [0, 0.05) is 37.9 Å². The standard InChI is InChI=1S/C21H23ClFN7O3/c1-11-4-13-8-21(7-11,19-27-26-16(33-19)9-32-3)30(13)20(31)25-12-5-14(17(22)15(23)6-12)18-24-10-29(2)28-18/h5-6,10-11,13H,4,7-9H2,1-3H3,(H,25,31)/t11-,13-,21+/m1/s1. The van der Waals surface area contributed by atoms with Gasteiger partial charge in [-0.25, -0.2) is 14.2 Å². The molecule has 1 aliphatic carbocycles. The minimum atomic E-state index is -0.693. The summed E-state index contributed by atoms with van der Waals surface area (Å²) in [7, 11) is 3.25. The minimum Gasteiger partial charge on any atom is -0.420 e. The molecule has 2 amide bonds. The van der Waals surface area contributed by atoms with Gasteiger partial charge in [-0.1, -0.05) is 18.5 Å². The Bertz CT molecular complexity index is 1210. The predicted molar refractivity (Wildman–Crippen MR) is 116 cm³/mol. The number of hydrogen-bond donors (Lipinski definition) is 1. The molecule has 0 unspecified atom stereocenters. The summed E-state index contributed by atoms with van der Waals surface area (Å²) in [6, 6.07) is 2.40. The number of likely N-dealkylation sites (tertiary alicyclic amines) is 1. The van der Waals surface area contributed by atoms with E-state index in [1.165, 1.54) is 17.1 Å². The lowest BCUT2D eigenvalue weighted by molar-refractivity contribution is -0.110. The fourth-order valence-electron chi connectivity index (χ4n) is 5.04. The lowest BCUT2D eigenvalue weighted by Gasteiger charge is -2.61. The van der Waals surface area contributed by atoms with Crippen molar-refractivity contribution in [1.29, 1.82) is 0 Å². The molecule has 2 aliphatic rings. The largest absolute Gasteiger partial charge is 0.420 e. The van der Waals surface area contributed by atoms with Gasteiger partial charge in [0.05, 0.1) is 5.02 Å². The molecule has 3 heterocycles. The second-order valence-corrected chi connectivity index (χ2v) is 9.11. The Hall–Kier alpha value is -3.05. The van der Waals surface area contributed by atoms with Crippen LogP contribution in [0.2, 0.25) is 5.02 Å². The first-order chi connectivity index (χ1) is 15.8.